The molecule has 0 saturated carbocycles. The second kappa shape index (κ2) is 10.9. The highest BCUT2D eigenvalue weighted by Crippen LogP contribution is 2.48. The molecule has 7 nitrogen and oxygen atoms in total. The van der Waals surface area contributed by atoms with Crippen molar-refractivity contribution in [3.8, 4) is 0 Å². The van der Waals surface area contributed by atoms with E-state index in [2.05, 4.69) is 25.9 Å². The second-order valence-corrected chi connectivity index (χ2v) is 11.6. The first-order chi connectivity index (χ1) is 16.6. The van der Waals surface area contributed by atoms with Crippen molar-refractivity contribution in [3.63, 3.8) is 0 Å². The Hall–Kier alpha value is -3.39. The molecule has 0 aliphatic heterocycles. The molecule has 186 valence electrons. The molecule has 0 fully saturated rings. The number of hydrogen-bond acceptors (Lipinski definition) is 6. The van der Waals surface area contributed by atoms with Gasteiger partial charge in [-0.25, -0.2) is 4.98 Å². The Labute approximate surface area is 202 Å². The number of benzene rings is 2. The van der Waals surface area contributed by atoms with Crippen LogP contribution in [0.4, 0.5) is 36.3 Å². The highest BCUT2D eigenvalue weighted by molar-refractivity contribution is 7.63. The van der Waals surface area contributed by atoms with Crippen molar-refractivity contribution in [1.29, 1.82) is 0 Å². The molecule has 1 aromatic heterocycles. The van der Waals surface area contributed by atoms with Crippen molar-refractivity contribution in [1.82, 2.24) is 15.3 Å². The van der Waals surface area contributed by atoms with Crippen LogP contribution in [0.1, 0.15) is 35.3 Å². The monoisotopic (exact) mass is 505 g/mol. The van der Waals surface area contributed by atoms with Crippen LogP contribution in [0.5, 0.6) is 0 Å². The summed E-state index contributed by atoms with van der Waals surface area (Å²) >= 11 is 0. The van der Waals surface area contributed by atoms with E-state index < -0.39 is 30.6 Å². The number of nitrogens with zero attached hydrogens (tertiary/aromatic N) is 2. The molecular weight excluding hydrogens is 478 g/mol. The van der Waals surface area contributed by atoms with Gasteiger partial charge in [-0.3, -0.25) is 4.79 Å². The SMILES string of the molecule is CCP(=O)(CC)Cc1ccc(Nc2ncc(C(F)(F)F)c(Nc3ccccc3C(=O)NC)n2)cc1. The molecule has 0 aliphatic rings. The minimum atomic E-state index is -4.71. The van der Waals surface area contributed by atoms with Crippen LogP contribution < -0.4 is 16.0 Å². The highest BCUT2D eigenvalue weighted by Gasteiger charge is 2.35. The minimum Gasteiger partial charge on any atom is -0.355 e. The highest BCUT2D eigenvalue weighted by atomic mass is 31.2. The van der Waals surface area contributed by atoms with E-state index in [9.17, 15) is 22.5 Å². The number of aromatic nitrogens is 2. The largest absolute Gasteiger partial charge is 0.421 e. The number of amides is 1. The van der Waals surface area contributed by atoms with E-state index in [4.69, 9.17) is 0 Å². The van der Waals surface area contributed by atoms with Gasteiger partial charge in [-0.15, -0.1) is 0 Å². The number of rotatable bonds is 9. The molecule has 0 aliphatic carbocycles. The zero-order valence-corrected chi connectivity index (χ0v) is 20.5. The van der Waals surface area contributed by atoms with Crippen LogP contribution in [-0.4, -0.2) is 35.2 Å². The van der Waals surface area contributed by atoms with E-state index in [0.29, 0.717) is 30.4 Å². The van der Waals surface area contributed by atoms with Gasteiger partial charge in [-0.2, -0.15) is 18.2 Å². The summed E-state index contributed by atoms with van der Waals surface area (Å²) in [4.78, 5) is 20.0. The Morgan fingerprint density at radius 1 is 1.00 bits per heavy atom. The summed E-state index contributed by atoms with van der Waals surface area (Å²) in [6.07, 6.45) is -2.27. The van der Waals surface area contributed by atoms with Gasteiger partial charge in [0.15, 0.2) is 0 Å². The van der Waals surface area contributed by atoms with E-state index >= 15 is 0 Å². The molecule has 0 atom stereocenters. The van der Waals surface area contributed by atoms with Crippen LogP contribution in [0.2, 0.25) is 0 Å². The van der Waals surface area contributed by atoms with Crippen molar-refractivity contribution in [2.75, 3.05) is 30.0 Å². The van der Waals surface area contributed by atoms with Crippen LogP contribution in [0, 0.1) is 0 Å². The molecule has 2 aromatic carbocycles. The maximum atomic E-state index is 13.6. The van der Waals surface area contributed by atoms with Gasteiger partial charge in [-0.1, -0.05) is 38.1 Å². The molecule has 3 aromatic rings. The number of carbonyl (C=O) groups excluding carboxylic acids is 1. The lowest BCUT2D eigenvalue weighted by molar-refractivity contribution is -0.137. The lowest BCUT2D eigenvalue weighted by Crippen LogP contribution is -2.20. The van der Waals surface area contributed by atoms with E-state index in [-0.39, 0.29) is 17.2 Å². The van der Waals surface area contributed by atoms with Crippen molar-refractivity contribution in [2.45, 2.75) is 26.2 Å². The van der Waals surface area contributed by atoms with Crippen molar-refractivity contribution in [2.24, 2.45) is 0 Å². The molecule has 3 rings (SSSR count). The minimum absolute atomic E-state index is 0.0570. The third-order valence-corrected chi connectivity index (χ3v) is 8.83. The summed E-state index contributed by atoms with van der Waals surface area (Å²) in [5, 5.41) is 7.99. The second-order valence-electron chi connectivity index (χ2n) is 7.87. The number of nitrogens with one attached hydrogen (secondary N) is 3. The summed E-state index contributed by atoms with van der Waals surface area (Å²) in [5.74, 6) is -1.00. The molecule has 1 amide bonds. The van der Waals surface area contributed by atoms with Gasteiger partial charge >= 0.3 is 6.18 Å². The first-order valence-corrected chi connectivity index (χ1v) is 13.3. The molecule has 0 bridgehead atoms. The average molecular weight is 505 g/mol. The van der Waals surface area contributed by atoms with Crippen molar-refractivity contribution >= 4 is 36.2 Å². The van der Waals surface area contributed by atoms with Gasteiger partial charge in [-0.05, 0) is 42.2 Å². The molecule has 0 radical (unpaired) electrons. The first-order valence-electron chi connectivity index (χ1n) is 11.0. The van der Waals surface area contributed by atoms with Crippen LogP contribution in [-0.2, 0) is 16.9 Å². The third kappa shape index (κ3) is 6.60. The molecule has 1 heterocycles. The van der Waals surface area contributed by atoms with E-state index in [0.717, 1.165) is 5.56 Å². The number of halogens is 3. The topological polar surface area (TPSA) is 96.0 Å². The van der Waals surface area contributed by atoms with Crippen molar-refractivity contribution < 1.29 is 22.5 Å². The fourth-order valence-electron chi connectivity index (χ4n) is 3.40. The van der Waals surface area contributed by atoms with E-state index in [1.54, 1.807) is 24.3 Å². The van der Waals surface area contributed by atoms with Gasteiger partial charge in [0.05, 0.1) is 18.4 Å². The van der Waals surface area contributed by atoms with Crippen LogP contribution in [0.3, 0.4) is 0 Å². The Morgan fingerprint density at radius 2 is 1.66 bits per heavy atom. The first kappa shape index (κ1) is 26.2. The lowest BCUT2D eigenvalue weighted by atomic mass is 10.1. The number of hydrogen-bond donors (Lipinski definition) is 3. The summed E-state index contributed by atoms with van der Waals surface area (Å²) in [5.41, 5.74) is 0.753. The molecule has 0 unspecified atom stereocenters. The summed E-state index contributed by atoms with van der Waals surface area (Å²) in [6, 6.07) is 13.3. The number of alkyl halides is 3. The quantitative estimate of drug-likeness (QED) is 0.298. The Balaban J connectivity index is 1.89. The fourth-order valence-corrected chi connectivity index (χ4v) is 5.17. The summed E-state index contributed by atoms with van der Waals surface area (Å²) < 4.78 is 53.6. The Morgan fingerprint density at radius 3 is 2.26 bits per heavy atom. The molecule has 35 heavy (non-hydrogen) atoms. The van der Waals surface area contributed by atoms with Crippen LogP contribution in [0.15, 0.2) is 54.7 Å². The normalized spacial score (nSPS) is 11.7. The number of anilines is 4. The molecule has 0 saturated heterocycles. The molecular formula is C24H27F3N5O2P. The lowest BCUT2D eigenvalue weighted by Gasteiger charge is -2.17. The molecule has 3 N–H and O–H groups in total. The van der Waals surface area contributed by atoms with Gasteiger partial charge in [0.1, 0.15) is 11.4 Å². The molecule has 11 heteroatoms. The zero-order valence-electron chi connectivity index (χ0n) is 19.6. The predicted octanol–water partition coefficient (Wildman–Crippen LogP) is 6.25. The predicted molar refractivity (Wildman–Crippen MR) is 132 cm³/mol. The Kier molecular flexibility index (Phi) is 8.17. The van der Waals surface area contributed by atoms with E-state index in [1.807, 2.05) is 26.0 Å². The summed E-state index contributed by atoms with van der Waals surface area (Å²) in [6.45, 7) is 3.83. The average Bonchev–Trinajstić information content (AvgIpc) is 2.84. The maximum Gasteiger partial charge on any atom is 0.421 e. The smallest absolute Gasteiger partial charge is 0.355 e. The maximum absolute atomic E-state index is 13.6. The number of carbonyl (C=O) groups is 1. The van der Waals surface area contributed by atoms with Crippen molar-refractivity contribution in [3.05, 3.63) is 71.4 Å². The Bertz CT molecular complexity index is 1220. The molecule has 0 spiro atoms. The number of para-hydroxylation sites is 1. The zero-order chi connectivity index (χ0) is 25.6. The third-order valence-electron chi connectivity index (χ3n) is 5.58. The van der Waals surface area contributed by atoms with Gasteiger partial charge in [0, 0.05) is 25.1 Å². The summed E-state index contributed by atoms with van der Waals surface area (Å²) in [7, 11) is -0.816. The van der Waals surface area contributed by atoms with Gasteiger partial charge in [0.2, 0.25) is 5.95 Å². The standard InChI is InChI=1S/C24H27F3N5O2P/c1-4-35(34,5-2)15-16-10-12-17(13-11-16)30-23-29-14-19(24(25,26)27)21(32-23)31-20-9-7-6-8-18(20)22(33)28-3/h6-14H,4-5,15H2,1-3H3,(H,28,33)(H2,29,30,31,32). The fraction of sp³-hybridized carbons (Fsp3) is 0.292. The van der Waals surface area contributed by atoms with Gasteiger partial charge in [0.25, 0.3) is 5.91 Å². The van der Waals surface area contributed by atoms with Gasteiger partial charge < -0.3 is 20.5 Å². The van der Waals surface area contributed by atoms with Crippen LogP contribution >= 0.6 is 7.14 Å². The van der Waals surface area contributed by atoms with E-state index in [1.165, 1.54) is 19.2 Å². The van der Waals surface area contributed by atoms with Crippen LogP contribution in [0.25, 0.3) is 0 Å².